The van der Waals surface area contributed by atoms with Gasteiger partial charge in [-0.3, -0.25) is 9.59 Å². The number of nitrogens with zero attached hydrogens (tertiary/aromatic N) is 1. The molecule has 2 atom stereocenters. The van der Waals surface area contributed by atoms with Crippen molar-refractivity contribution in [2.75, 3.05) is 41.0 Å². The summed E-state index contributed by atoms with van der Waals surface area (Å²) in [5.74, 6) is -1.75. The first-order chi connectivity index (χ1) is 28.6. The van der Waals surface area contributed by atoms with E-state index in [2.05, 4.69) is 50.3 Å². The van der Waals surface area contributed by atoms with E-state index in [1.54, 1.807) is 21.1 Å². The Kier molecular flexibility index (Phi) is 40.5. The van der Waals surface area contributed by atoms with Crippen molar-refractivity contribution in [3.05, 3.63) is 36.5 Å². The molecule has 0 aliphatic carbocycles. The molecule has 59 heavy (non-hydrogen) atoms. The van der Waals surface area contributed by atoms with Gasteiger partial charge in [-0.05, 0) is 64.2 Å². The molecule has 0 heterocycles. The van der Waals surface area contributed by atoms with Crippen LogP contribution in [0.4, 0.5) is 0 Å². The highest BCUT2D eigenvalue weighted by molar-refractivity contribution is 5.70. The maximum Gasteiger partial charge on any atom is 0.306 e. The van der Waals surface area contributed by atoms with Gasteiger partial charge in [0.05, 0.1) is 40.3 Å². The summed E-state index contributed by atoms with van der Waals surface area (Å²) in [5.41, 5.74) is 0. The first kappa shape index (κ1) is 56.5. The first-order valence-electron chi connectivity index (χ1n) is 24.5. The minimum atomic E-state index is -1.13. The van der Waals surface area contributed by atoms with Crippen LogP contribution < -0.4 is 5.11 Å². The molecule has 8 nitrogen and oxygen atoms in total. The molecule has 0 aliphatic heterocycles. The summed E-state index contributed by atoms with van der Waals surface area (Å²) in [6, 6.07) is -0.728. The van der Waals surface area contributed by atoms with Crippen LogP contribution >= 0.6 is 0 Å². The molecular formula is C51H93NO7. The molecule has 0 aromatic heterocycles. The van der Waals surface area contributed by atoms with Gasteiger partial charge in [-0.2, -0.15) is 0 Å². The van der Waals surface area contributed by atoms with Crippen molar-refractivity contribution >= 4 is 17.9 Å². The van der Waals surface area contributed by atoms with Crippen molar-refractivity contribution in [1.29, 1.82) is 0 Å². The predicted octanol–water partition coefficient (Wildman–Crippen LogP) is 12.5. The van der Waals surface area contributed by atoms with Gasteiger partial charge >= 0.3 is 11.9 Å². The lowest BCUT2D eigenvalue weighted by Gasteiger charge is -2.34. The van der Waals surface area contributed by atoms with Crippen molar-refractivity contribution in [3.63, 3.8) is 0 Å². The van der Waals surface area contributed by atoms with Crippen LogP contribution in [0.25, 0.3) is 0 Å². The number of unbranched alkanes of at least 4 members (excludes halogenated alkanes) is 24. The fourth-order valence-electron chi connectivity index (χ4n) is 7.22. The number of allylic oxidation sites excluding steroid dienone is 6. The lowest BCUT2D eigenvalue weighted by atomic mass is 10.0. The first-order valence-corrected chi connectivity index (χ1v) is 24.5. The number of aliphatic carboxylic acids is 1. The lowest BCUT2D eigenvalue weighted by molar-refractivity contribution is -0.889. The normalized spacial score (nSPS) is 13.2. The molecular weight excluding hydrogens is 739 g/mol. The summed E-state index contributed by atoms with van der Waals surface area (Å²) in [7, 11) is 5.41. The zero-order valence-corrected chi connectivity index (χ0v) is 39.2. The maximum absolute atomic E-state index is 12.8. The summed E-state index contributed by atoms with van der Waals surface area (Å²) in [5, 5.41) is 11.6. The number of ether oxygens (including phenoxy) is 3. The molecule has 0 fully saturated rings. The van der Waals surface area contributed by atoms with E-state index in [1.807, 2.05) is 0 Å². The van der Waals surface area contributed by atoms with E-state index in [1.165, 1.54) is 116 Å². The molecule has 0 radical (unpaired) electrons. The summed E-state index contributed by atoms with van der Waals surface area (Å²) in [6.45, 7) is 4.55. The lowest BCUT2D eigenvalue weighted by Crippen LogP contribution is -2.55. The van der Waals surface area contributed by atoms with Crippen molar-refractivity contribution in [1.82, 2.24) is 0 Å². The second-order valence-electron chi connectivity index (χ2n) is 17.7. The van der Waals surface area contributed by atoms with Crippen molar-refractivity contribution in [2.24, 2.45) is 0 Å². The summed E-state index contributed by atoms with van der Waals surface area (Å²) in [4.78, 5) is 36.9. The van der Waals surface area contributed by atoms with Crippen LogP contribution in [0, 0.1) is 0 Å². The minimum Gasteiger partial charge on any atom is -0.544 e. The average molecular weight is 832 g/mol. The van der Waals surface area contributed by atoms with Crippen molar-refractivity contribution in [2.45, 2.75) is 231 Å². The zero-order chi connectivity index (χ0) is 43.5. The fraction of sp³-hybridized carbons (Fsp3) is 0.824. The molecule has 344 valence electrons. The third kappa shape index (κ3) is 40.7. The molecule has 0 spiro atoms. The van der Waals surface area contributed by atoms with E-state index in [0.29, 0.717) is 12.8 Å². The molecule has 0 saturated heterocycles. The minimum absolute atomic E-state index is 0.0356. The third-order valence-corrected chi connectivity index (χ3v) is 11.0. The van der Waals surface area contributed by atoms with Gasteiger partial charge in [-0.1, -0.05) is 172 Å². The third-order valence-electron chi connectivity index (χ3n) is 11.0. The number of carbonyl (C=O) groups is 3. The van der Waals surface area contributed by atoms with E-state index in [9.17, 15) is 19.5 Å². The van der Waals surface area contributed by atoms with E-state index in [4.69, 9.17) is 14.2 Å². The average Bonchev–Trinajstić information content (AvgIpc) is 3.19. The number of hydrogen-bond acceptors (Lipinski definition) is 7. The Balaban J connectivity index is 4.21. The Bertz CT molecular complexity index is 1060. The number of carboxylic acid groups (broad SMARTS) is 1. The standard InChI is InChI=1S/C51H93NO7/c1-6-8-10-12-14-16-18-20-21-22-23-24-25-26-27-28-29-30-32-34-36-38-40-42-50(54)59-47(45-57-44-43-48(51(55)56)52(3,4)5)46-58-49(53)41-39-37-35-33-31-19-17-15-13-11-9-7-2/h9,11,15,17,26-27,47-48H,6-8,10,12-14,16,18-25,28-46H2,1-5H3/b11-9+,17-15+,27-26+. The van der Waals surface area contributed by atoms with Gasteiger partial charge in [0.2, 0.25) is 0 Å². The number of carbonyl (C=O) groups excluding carboxylic acids is 3. The van der Waals surface area contributed by atoms with Gasteiger partial charge in [-0.15, -0.1) is 0 Å². The Labute approximate surface area is 364 Å². The van der Waals surface area contributed by atoms with Gasteiger partial charge in [0.15, 0.2) is 6.10 Å². The molecule has 0 aromatic carbocycles. The van der Waals surface area contributed by atoms with Crippen LogP contribution in [0.5, 0.6) is 0 Å². The van der Waals surface area contributed by atoms with Crippen molar-refractivity contribution < 1.29 is 38.2 Å². The number of rotatable bonds is 44. The van der Waals surface area contributed by atoms with E-state index in [0.717, 1.165) is 70.6 Å². The number of carboxylic acids is 1. The zero-order valence-electron chi connectivity index (χ0n) is 39.2. The predicted molar refractivity (Wildman–Crippen MR) is 245 cm³/mol. The van der Waals surface area contributed by atoms with Crippen LogP contribution in [-0.4, -0.2) is 75.5 Å². The van der Waals surface area contributed by atoms with Crippen LogP contribution in [0.2, 0.25) is 0 Å². The van der Waals surface area contributed by atoms with Crippen LogP contribution in [0.3, 0.4) is 0 Å². The van der Waals surface area contributed by atoms with Crippen LogP contribution in [0.15, 0.2) is 36.5 Å². The smallest absolute Gasteiger partial charge is 0.306 e. The SMILES string of the molecule is CC/C=C/C/C=C/CCCCCCCC(=O)OCC(COCCC(C(=O)[O-])[N+](C)(C)C)OC(=O)CCCCCCCCC/C=C/CCCCCCCCCCCCCC. The van der Waals surface area contributed by atoms with Gasteiger partial charge in [0, 0.05) is 19.3 Å². The molecule has 0 rings (SSSR count). The highest BCUT2D eigenvalue weighted by Crippen LogP contribution is 2.15. The summed E-state index contributed by atoms with van der Waals surface area (Å²) < 4.78 is 17.2. The molecule has 2 unspecified atom stereocenters. The second kappa shape index (κ2) is 42.2. The maximum atomic E-state index is 12.8. The number of esters is 2. The number of likely N-dealkylation sites (N-methyl/N-ethyl adjacent to an activating group) is 1. The monoisotopic (exact) mass is 832 g/mol. The van der Waals surface area contributed by atoms with Gasteiger partial charge in [0.25, 0.3) is 0 Å². The largest absolute Gasteiger partial charge is 0.544 e. The fourth-order valence-corrected chi connectivity index (χ4v) is 7.22. The van der Waals surface area contributed by atoms with Gasteiger partial charge in [0.1, 0.15) is 12.6 Å². The van der Waals surface area contributed by atoms with Crippen LogP contribution in [0.1, 0.15) is 219 Å². The topological polar surface area (TPSA) is 102 Å². The second-order valence-corrected chi connectivity index (χ2v) is 17.7. The summed E-state index contributed by atoms with van der Waals surface area (Å²) in [6.07, 6.45) is 49.0. The van der Waals surface area contributed by atoms with E-state index in [-0.39, 0.29) is 42.7 Å². The highest BCUT2D eigenvalue weighted by Gasteiger charge is 2.25. The molecule has 0 aliphatic rings. The quantitative estimate of drug-likeness (QED) is 0.0261. The molecule has 8 heteroatoms. The molecule has 0 bridgehead atoms. The molecule has 0 aromatic rings. The number of hydrogen-bond donors (Lipinski definition) is 0. The Morgan fingerprint density at radius 1 is 0.525 bits per heavy atom. The van der Waals surface area contributed by atoms with Crippen LogP contribution in [-0.2, 0) is 28.6 Å². The number of quaternary nitrogens is 1. The van der Waals surface area contributed by atoms with Gasteiger partial charge in [-0.25, -0.2) is 0 Å². The Hall–Kier alpha value is -2.45. The Morgan fingerprint density at radius 3 is 1.41 bits per heavy atom. The van der Waals surface area contributed by atoms with E-state index < -0.39 is 18.1 Å². The molecule has 0 saturated carbocycles. The summed E-state index contributed by atoms with van der Waals surface area (Å²) >= 11 is 0. The van der Waals surface area contributed by atoms with E-state index >= 15 is 0 Å². The van der Waals surface area contributed by atoms with Crippen molar-refractivity contribution in [3.8, 4) is 0 Å². The Morgan fingerprint density at radius 2 is 0.949 bits per heavy atom. The van der Waals surface area contributed by atoms with Gasteiger partial charge < -0.3 is 28.6 Å². The molecule has 0 amide bonds. The highest BCUT2D eigenvalue weighted by atomic mass is 16.6. The molecule has 0 N–H and O–H groups in total.